The average Bonchev–Trinajstić information content (AvgIpc) is 3.01. The number of hydrogen-bond donors (Lipinski definition) is 1. The van der Waals surface area contributed by atoms with Crippen LogP contribution in [0.25, 0.3) is 0 Å². The van der Waals surface area contributed by atoms with Gasteiger partial charge >= 0.3 is 5.97 Å². The van der Waals surface area contributed by atoms with E-state index in [-0.39, 0.29) is 23.8 Å². The molecule has 0 aromatic heterocycles. The van der Waals surface area contributed by atoms with Gasteiger partial charge in [0.2, 0.25) is 5.88 Å². The van der Waals surface area contributed by atoms with Crippen LogP contribution in [-0.2, 0) is 6.61 Å². The Hall–Kier alpha value is -4.84. The van der Waals surface area contributed by atoms with Gasteiger partial charge in [0.25, 0.3) is 0 Å². The van der Waals surface area contributed by atoms with Crippen molar-refractivity contribution >= 4 is 29.2 Å². The molecule has 1 atom stereocenters. The first kappa shape index (κ1) is 30.6. The summed E-state index contributed by atoms with van der Waals surface area (Å²) in [5, 5.41) is 11.1. The number of carbonyl (C=O) groups is 1. The summed E-state index contributed by atoms with van der Waals surface area (Å²) in [6.07, 6.45) is 0. The van der Waals surface area contributed by atoms with Crippen LogP contribution in [-0.4, -0.2) is 19.2 Å². The molecular formula is C34H28Cl2N2O6. The monoisotopic (exact) mass is 630 g/mol. The maximum atomic E-state index is 12.9. The van der Waals surface area contributed by atoms with Crippen LogP contribution in [0.4, 0.5) is 0 Å². The van der Waals surface area contributed by atoms with Crippen molar-refractivity contribution in [1.29, 1.82) is 5.26 Å². The molecule has 0 spiro atoms. The van der Waals surface area contributed by atoms with Crippen molar-refractivity contribution in [2.45, 2.75) is 26.4 Å². The predicted molar refractivity (Wildman–Crippen MR) is 167 cm³/mol. The summed E-state index contributed by atoms with van der Waals surface area (Å²) < 4.78 is 28.9. The summed E-state index contributed by atoms with van der Waals surface area (Å²) in [6.45, 7) is 4.79. The molecule has 0 bridgehead atoms. The van der Waals surface area contributed by atoms with Gasteiger partial charge in [-0.3, -0.25) is 0 Å². The predicted octanol–water partition coefficient (Wildman–Crippen LogP) is 7.81. The Labute approximate surface area is 265 Å². The van der Waals surface area contributed by atoms with Crippen LogP contribution in [0.2, 0.25) is 10.0 Å². The number of ether oxygens (including phenoxy) is 5. The normalized spacial score (nSPS) is 13.8. The minimum absolute atomic E-state index is 0.0476. The highest BCUT2D eigenvalue weighted by Gasteiger charge is 2.32. The minimum Gasteiger partial charge on any atom is -0.494 e. The number of rotatable bonds is 10. The molecule has 44 heavy (non-hydrogen) atoms. The minimum atomic E-state index is -0.574. The van der Waals surface area contributed by atoms with Crippen molar-refractivity contribution < 1.29 is 28.5 Å². The highest BCUT2D eigenvalue weighted by atomic mass is 35.5. The van der Waals surface area contributed by atoms with Gasteiger partial charge in [-0.25, -0.2) is 4.79 Å². The lowest BCUT2D eigenvalue weighted by atomic mass is 9.83. The van der Waals surface area contributed by atoms with Gasteiger partial charge in [0.15, 0.2) is 11.5 Å². The van der Waals surface area contributed by atoms with Crippen molar-refractivity contribution in [1.82, 2.24) is 0 Å². The van der Waals surface area contributed by atoms with Gasteiger partial charge < -0.3 is 29.4 Å². The number of nitrogens with zero attached hydrogens (tertiary/aromatic N) is 1. The van der Waals surface area contributed by atoms with E-state index < -0.39 is 11.9 Å². The van der Waals surface area contributed by atoms with E-state index in [1.165, 1.54) is 0 Å². The lowest BCUT2D eigenvalue weighted by Gasteiger charge is -2.27. The van der Waals surface area contributed by atoms with Gasteiger partial charge in [0.05, 0.1) is 24.7 Å². The average molecular weight is 632 g/mol. The van der Waals surface area contributed by atoms with Crippen molar-refractivity contribution in [3.05, 3.63) is 123 Å². The zero-order chi connectivity index (χ0) is 31.2. The van der Waals surface area contributed by atoms with Gasteiger partial charge in [-0.2, -0.15) is 5.26 Å². The molecule has 0 amide bonds. The molecule has 0 fully saturated rings. The zero-order valence-corrected chi connectivity index (χ0v) is 25.4. The Morgan fingerprint density at radius 1 is 0.909 bits per heavy atom. The lowest BCUT2D eigenvalue weighted by Crippen LogP contribution is -2.21. The van der Waals surface area contributed by atoms with E-state index in [0.717, 1.165) is 11.1 Å². The van der Waals surface area contributed by atoms with E-state index in [4.69, 9.17) is 52.6 Å². The van der Waals surface area contributed by atoms with Crippen molar-refractivity contribution in [2.24, 2.45) is 5.73 Å². The van der Waals surface area contributed by atoms with Crippen molar-refractivity contribution in [3.63, 3.8) is 0 Å². The van der Waals surface area contributed by atoms with Crippen LogP contribution in [0.5, 0.6) is 28.7 Å². The van der Waals surface area contributed by atoms with E-state index in [0.29, 0.717) is 57.4 Å². The Balaban J connectivity index is 1.43. The second-order valence-electron chi connectivity index (χ2n) is 9.64. The molecule has 0 saturated heterocycles. The number of fused-ring (bicyclic) bond motifs is 1. The molecule has 1 aliphatic rings. The molecule has 4 aromatic rings. The standard InChI is InChI=1S/C34H28Cl2N2O6/c1-3-40-24-7-5-6-21(14-24)34(39)43-25-11-12-26-30(17-25)44-33(38)27(18-37)32(26)20-9-13-29(31(15-20)41-4-2)42-19-22-8-10-23(35)16-28(22)36/h5-17,32H,3-4,19,38H2,1-2H3. The summed E-state index contributed by atoms with van der Waals surface area (Å²) in [5.41, 5.74) is 8.95. The number of carbonyl (C=O) groups excluding carboxylic acids is 1. The molecule has 224 valence electrons. The number of hydrogen-bond acceptors (Lipinski definition) is 8. The molecule has 2 N–H and O–H groups in total. The fraction of sp³-hybridized carbons (Fsp3) is 0.176. The van der Waals surface area contributed by atoms with E-state index in [9.17, 15) is 10.1 Å². The first-order valence-electron chi connectivity index (χ1n) is 13.8. The summed E-state index contributed by atoms with van der Waals surface area (Å²) >= 11 is 12.3. The van der Waals surface area contributed by atoms with Crippen LogP contribution in [0.15, 0.2) is 90.3 Å². The van der Waals surface area contributed by atoms with Crippen molar-refractivity contribution in [3.8, 4) is 34.8 Å². The smallest absolute Gasteiger partial charge is 0.343 e. The Bertz CT molecular complexity index is 1780. The second-order valence-corrected chi connectivity index (χ2v) is 10.5. The molecule has 10 heteroatoms. The van der Waals surface area contributed by atoms with E-state index >= 15 is 0 Å². The number of nitriles is 1. The third kappa shape index (κ3) is 6.70. The first-order chi connectivity index (χ1) is 21.3. The molecule has 0 radical (unpaired) electrons. The third-order valence-corrected chi connectivity index (χ3v) is 7.37. The highest BCUT2D eigenvalue weighted by Crippen LogP contribution is 2.45. The van der Waals surface area contributed by atoms with Gasteiger partial charge in [-0.05, 0) is 67.9 Å². The summed E-state index contributed by atoms with van der Waals surface area (Å²) in [7, 11) is 0. The summed E-state index contributed by atoms with van der Waals surface area (Å²) in [5.74, 6) is 0.981. The Morgan fingerprint density at radius 3 is 2.48 bits per heavy atom. The quantitative estimate of drug-likeness (QED) is 0.139. The van der Waals surface area contributed by atoms with Gasteiger partial charge in [-0.1, -0.05) is 47.5 Å². The summed E-state index contributed by atoms with van der Waals surface area (Å²) in [6, 6.07) is 24.5. The lowest BCUT2D eigenvalue weighted by molar-refractivity contribution is 0.0734. The van der Waals surface area contributed by atoms with Crippen LogP contribution in [0.3, 0.4) is 0 Å². The van der Waals surface area contributed by atoms with Gasteiger partial charge in [0, 0.05) is 27.2 Å². The number of allylic oxidation sites excluding steroid dienone is 1. The molecule has 5 rings (SSSR count). The van der Waals surface area contributed by atoms with E-state index in [1.54, 1.807) is 66.7 Å². The largest absolute Gasteiger partial charge is 0.494 e. The molecule has 1 unspecified atom stereocenters. The topological polar surface area (TPSA) is 113 Å². The number of benzene rings is 4. The van der Waals surface area contributed by atoms with Crippen LogP contribution >= 0.6 is 23.2 Å². The molecular weight excluding hydrogens is 603 g/mol. The maximum Gasteiger partial charge on any atom is 0.343 e. The Kier molecular flexibility index (Phi) is 9.49. The van der Waals surface area contributed by atoms with E-state index in [2.05, 4.69) is 6.07 Å². The van der Waals surface area contributed by atoms with Gasteiger partial charge in [0.1, 0.15) is 35.5 Å². The van der Waals surface area contributed by atoms with Crippen molar-refractivity contribution in [2.75, 3.05) is 13.2 Å². The highest BCUT2D eigenvalue weighted by molar-refractivity contribution is 6.35. The number of halogens is 2. The van der Waals surface area contributed by atoms with E-state index in [1.807, 2.05) is 26.0 Å². The van der Waals surface area contributed by atoms with Crippen LogP contribution in [0, 0.1) is 11.3 Å². The molecule has 0 saturated carbocycles. The molecule has 1 aliphatic heterocycles. The fourth-order valence-electron chi connectivity index (χ4n) is 4.77. The zero-order valence-electron chi connectivity index (χ0n) is 23.9. The van der Waals surface area contributed by atoms with Crippen LogP contribution < -0.4 is 29.4 Å². The maximum absolute atomic E-state index is 12.9. The number of nitrogens with two attached hydrogens (primary N) is 1. The molecule has 8 nitrogen and oxygen atoms in total. The van der Waals surface area contributed by atoms with Gasteiger partial charge in [-0.15, -0.1) is 0 Å². The first-order valence-corrected chi connectivity index (χ1v) is 14.6. The fourth-order valence-corrected chi connectivity index (χ4v) is 5.24. The Morgan fingerprint density at radius 2 is 1.73 bits per heavy atom. The second kappa shape index (κ2) is 13.6. The van der Waals surface area contributed by atoms with Crippen LogP contribution in [0.1, 0.15) is 46.8 Å². The SMILES string of the molecule is CCOc1cccc(C(=O)Oc2ccc3c(c2)OC(N)=C(C#N)C3c2ccc(OCc3ccc(Cl)cc3Cl)c(OCC)c2)c1. The number of esters is 1. The molecule has 4 aromatic carbocycles. The molecule has 1 heterocycles. The molecule has 0 aliphatic carbocycles. The third-order valence-electron chi connectivity index (χ3n) is 6.78. The summed E-state index contributed by atoms with van der Waals surface area (Å²) in [4.78, 5) is 12.9.